The predicted octanol–water partition coefficient (Wildman–Crippen LogP) is 4.93. The molecule has 0 saturated carbocycles. The number of nitrogens with one attached hydrogen (secondary N) is 1. The zero-order chi connectivity index (χ0) is 29.0. The number of primary amides is 1. The van der Waals surface area contributed by atoms with Crippen LogP contribution in [-0.4, -0.2) is 43.0 Å². The van der Waals surface area contributed by atoms with E-state index in [9.17, 15) is 18.0 Å². The van der Waals surface area contributed by atoms with Gasteiger partial charge in [0.05, 0.1) is 18.4 Å². The molecule has 0 aliphatic heterocycles. The van der Waals surface area contributed by atoms with E-state index in [1.54, 1.807) is 39.1 Å². The van der Waals surface area contributed by atoms with Gasteiger partial charge in [-0.1, -0.05) is 68.4 Å². The van der Waals surface area contributed by atoms with E-state index in [1.807, 2.05) is 45.0 Å². The third-order valence-electron chi connectivity index (χ3n) is 7.09. The highest BCUT2D eigenvalue weighted by atomic mass is 32.2. The molecule has 1 unspecified atom stereocenters. The maximum atomic E-state index is 13.3. The summed E-state index contributed by atoms with van der Waals surface area (Å²) in [5.74, 6) is 0.348. The van der Waals surface area contributed by atoms with Crippen LogP contribution in [0.1, 0.15) is 56.9 Å². The average molecular weight is 556 g/mol. The number of nitrogens with two attached hydrogens (primary N) is 1. The minimum Gasteiger partial charge on any atom is -0.364 e. The van der Waals surface area contributed by atoms with Crippen LogP contribution in [0.3, 0.4) is 0 Å². The summed E-state index contributed by atoms with van der Waals surface area (Å²) in [6.07, 6.45) is 1.52. The maximum absolute atomic E-state index is 13.3. The molecule has 0 radical (unpaired) electrons. The number of anilines is 1. The van der Waals surface area contributed by atoms with Gasteiger partial charge in [-0.3, -0.25) is 9.52 Å². The molecule has 39 heavy (non-hydrogen) atoms. The number of amides is 2. The van der Waals surface area contributed by atoms with Gasteiger partial charge in [-0.05, 0) is 37.8 Å². The molecule has 1 heterocycles. The fourth-order valence-electron chi connectivity index (χ4n) is 4.72. The number of hydrogen-bond acceptors (Lipinski definition) is 6. The monoisotopic (exact) mass is 555 g/mol. The Bertz CT molecular complexity index is 1430. The Hall–Kier alpha value is -3.50. The molecule has 2 aromatic carbocycles. The molecule has 0 fully saturated rings. The molecular weight excluding hydrogens is 516 g/mol. The van der Waals surface area contributed by atoms with Crippen LogP contribution in [0.2, 0.25) is 0 Å². The molecule has 9 nitrogen and oxygen atoms in total. The van der Waals surface area contributed by atoms with E-state index < -0.39 is 22.0 Å². The fraction of sp³-hybridized carbons (Fsp3) is 0.414. The highest BCUT2D eigenvalue weighted by molar-refractivity contribution is 7.92. The Balaban J connectivity index is 1.95. The predicted molar refractivity (Wildman–Crippen MR) is 151 cm³/mol. The second-order valence-corrected chi connectivity index (χ2v) is 12.3. The van der Waals surface area contributed by atoms with Crippen LogP contribution in [-0.2, 0) is 26.2 Å². The van der Waals surface area contributed by atoms with Crippen molar-refractivity contribution in [3.05, 3.63) is 65.4 Å². The van der Waals surface area contributed by atoms with Gasteiger partial charge >= 0.3 is 5.91 Å². The largest absolute Gasteiger partial charge is 0.364 e. The second-order valence-electron chi connectivity index (χ2n) is 10.6. The van der Waals surface area contributed by atoms with Crippen molar-refractivity contribution in [3.63, 3.8) is 0 Å². The van der Waals surface area contributed by atoms with Crippen molar-refractivity contribution in [3.8, 4) is 11.1 Å². The van der Waals surface area contributed by atoms with Gasteiger partial charge in [-0.2, -0.15) is 0 Å². The van der Waals surface area contributed by atoms with E-state index in [4.69, 9.17) is 10.3 Å². The van der Waals surface area contributed by atoms with Crippen LogP contribution < -0.4 is 10.5 Å². The third kappa shape index (κ3) is 6.75. The lowest BCUT2D eigenvalue weighted by Gasteiger charge is -2.38. The van der Waals surface area contributed by atoms with E-state index in [0.29, 0.717) is 48.3 Å². The number of carbonyl (C=O) groups excluding carboxylic acids is 2. The second kappa shape index (κ2) is 12.1. The molecule has 3 aromatic rings. The number of quaternary nitrogens is 1. The van der Waals surface area contributed by atoms with Crippen molar-refractivity contribution >= 4 is 27.7 Å². The Morgan fingerprint density at radius 2 is 1.72 bits per heavy atom. The maximum Gasteiger partial charge on any atom is 0.314 e. The minimum absolute atomic E-state index is 0.0353. The number of rotatable bonds is 12. The minimum atomic E-state index is -3.96. The summed E-state index contributed by atoms with van der Waals surface area (Å²) >= 11 is 0. The number of hydrogen-bond donors (Lipinski definition) is 2. The molecule has 2 amide bonds. The van der Waals surface area contributed by atoms with E-state index in [0.717, 1.165) is 5.56 Å². The number of nitrogens with zero attached hydrogens (tertiary/aromatic N) is 2. The number of aryl methyl sites for hydroxylation is 1. The van der Waals surface area contributed by atoms with Gasteiger partial charge in [0.1, 0.15) is 12.3 Å². The van der Waals surface area contributed by atoms with E-state index >= 15 is 0 Å². The van der Waals surface area contributed by atoms with Crippen LogP contribution in [0.4, 0.5) is 5.82 Å². The Labute approximate surface area is 231 Å². The van der Waals surface area contributed by atoms with Crippen LogP contribution in [0.15, 0.2) is 57.9 Å². The van der Waals surface area contributed by atoms with Gasteiger partial charge in [-0.25, -0.2) is 17.7 Å². The smallest absolute Gasteiger partial charge is 0.314 e. The Morgan fingerprint density at radius 1 is 1.08 bits per heavy atom. The summed E-state index contributed by atoms with van der Waals surface area (Å²) < 4.78 is 34.1. The molecule has 10 heteroatoms. The molecule has 3 rings (SSSR count). The van der Waals surface area contributed by atoms with Gasteiger partial charge in [0, 0.05) is 23.1 Å². The SMILES string of the molecule is CCCC(=O)[N+](C)(Cc1ccc(-c2ccccc2S(=O)(=O)Nc2noc(C)c2C)cc1)[C@@H](CC(C)C)C(N)=O. The summed E-state index contributed by atoms with van der Waals surface area (Å²) in [5, 5.41) is 3.82. The first-order valence-electron chi connectivity index (χ1n) is 13.1. The lowest BCUT2D eigenvalue weighted by Crippen LogP contribution is -2.60. The first-order chi connectivity index (χ1) is 18.3. The third-order valence-corrected chi connectivity index (χ3v) is 8.48. The summed E-state index contributed by atoms with van der Waals surface area (Å²) in [7, 11) is -2.18. The fourth-order valence-corrected chi connectivity index (χ4v) is 6.01. The normalized spacial score (nSPS) is 14.1. The molecular formula is C29H39N4O5S+. The summed E-state index contributed by atoms with van der Waals surface area (Å²) in [6, 6.07) is 13.4. The van der Waals surface area contributed by atoms with Crippen molar-refractivity contribution in [2.45, 2.75) is 71.4 Å². The van der Waals surface area contributed by atoms with Crippen LogP contribution in [0.25, 0.3) is 11.1 Å². The van der Waals surface area contributed by atoms with E-state index in [-0.39, 0.29) is 27.0 Å². The number of likely N-dealkylation sites (N-methyl/N-ethyl adjacent to an activating group) is 1. The molecule has 3 N–H and O–H groups in total. The molecule has 0 aliphatic rings. The first kappa shape index (κ1) is 30.0. The molecule has 0 aliphatic carbocycles. The van der Waals surface area contributed by atoms with Crippen molar-refractivity contribution in [1.29, 1.82) is 0 Å². The van der Waals surface area contributed by atoms with Crippen molar-refractivity contribution in [1.82, 2.24) is 5.16 Å². The first-order valence-corrected chi connectivity index (χ1v) is 14.6. The Kier molecular flexibility index (Phi) is 9.34. The Morgan fingerprint density at radius 3 is 2.26 bits per heavy atom. The standard InChI is InChI=1S/C29H38N4O5S/c1-7-10-27(34)33(6,25(28(30)35)17-19(2)3)18-22-13-15-23(16-14-22)24-11-8-9-12-26(24)39(36,37)32-29-20(4)21(5)38-31-29/h8-9,11-16,19,25H,7,10,17-18H2,1-6H3,(H2-,30,31,32,35)/p+1/t25-,33?/m0/s1. The molecule has 0 bridgehead atoms. The van der Waals surface area contributed by atoms with Crippen LogP contribution >= 0.6 is 0 Å². The number of sulfonamides is 1. The number of carbonyl (C=O) groups is 2. The van der Waals surface area contributed by atoms with Crippen molar-refractivity contribution < 1.29 is 27.0 Å². The summed E-state index contributed by atoms with van der Waals surface area (Å²) in [6.45, 7) is 9.69. The molecule has 210 valence electrons. The molecule has 1 aromatic heterocycles. The highest BCUT2D eigenvalue weighted by Gasteiger charge is 2.43. The lowest BCUT2D eigenvalue weighted by molar-refractivity contribution is -0.865. The van der Waals surface area contributed by atoms with Gasteiger partial charge in [0.15, 0.2) is 11.9 Å². The molecule has 0 spiro atoms. The van der Waals surface area contributed by atoms with Crippen LogP contribution in [0.5, 0.6) is 0 Å². The lowest BCUT2D eigenvalue weighted by atomic mass is 9.97. The van der Waals surface area contributed by atoms with E-state index in [2.05, 4.69) is 9.88 Å². The van der Waals surface area contributed by atoms with Crippen molar-refractivity contribution in [2.75, 3.05) is 11.8 Å². The zero-order valence-electron chi connectivity index (χ0n) is 23.5. The number of aromatic nitrogens is 1. The summed E-state index contributed by atoms with van der Waals surface area (Å²) in [4.78, 5) is 25.9. The van der Waals surface area contributed by atoms with Gasteiger partial charge in [0.2, 0.25) is 0 Å². The zero-order valence-corrected chi connectivity index (χ0v) is 24.3. The van der Waals surface area contributed by atoms with Gasteiger partial charge in [-0.15, -0.1) is 0 Å². The average Bonchev–Trinajstić information content (AvgIpc) is 3.19. The summed E-state index contributed by atoms with van der Waals surface area (Å²) in [5.41, 5.74) is 8.47. The molecule has 2 atom stereocenters. The number of benzene rings is 2. The highest BCUT2D eigenvalue weighted by Crippen LogP contribution is 2.31. The van der Waals surface area contributed by atoms with Crippen LogP contribution in [0, 0.1) is 19.8 Å². The van der Waals surface area contributed by atoms with Gasteiger partial charge < -0.3 is 10.3 Å². The van der Waals surface area contributed by atoms with Crippen molar-refractivity contribution in [2.24, 2.45) is 11.7 Å². The van der Waals surface area contributed by atoms with Gasteiger partial charge in [0.25, 0.3) is 15.9 Å². The molecule has 0 saturated heterocycles. The quantitative estimate of drug-likeness (QED) is 0.305. The topological polar surface area (TPSA) is 132 Å². The van der Waals surface area contributed by atoms with E-state index in [1.165, 1.54) is 6.07 Å².